The molecule has 6 nitrogen and oxygen atoms in total. The van der Waals surface area contributed by atoms with E-state index in [2.05, 4.69) is 9.97 Å². The average Bonchev–Trinajstić information content (AvgIpc) is 3.43. The molecule has 3 heterocycles. The third-order valence-electron chi connectivity index (χ3n) is 4.04. The maximum Gasteiger partial charge on any atom is 0.274 e. The van der Waals surface area contributed by atoms with Crippen LogP contribution < -0.4 is 10.3 Å². The summed E-state index contributed by atoms with van der Waals surface area (Å²) in [5.74, 6) is 0.463. The van der Waals surface area contributed by atoms with E-state index < -0.39 is 0 Å². The quantitative estimate of drug-likeness (QED) is 0.670. The van der Waals surface area contributed by atoms with E-state index in [1.165, 1.54) is 0 Å². The molecule has 6 heteroatoms. The zero-order valence-electron chi connectivity index (χ0n) is 13.3. The lowest BCUT2D eigenvalue weighted by atomic mass is 10.1. The molecule has 0 bridgehead atoms. The van der Waals surface area contributed by atoms with Gasteiger partial charge in [0.25, 0.3) is 5.56 Å². The lowest BCUT2D eigenvalue weighted by molar-refractivity contribution is 0.380. The largest absolute Gasteiger partial charge is 0.481 e. The van der Waals surface area contributed by atoms with E-state index in [4.69, 9.17) is 9.47 Å². The van der Waals surface area contributed by atoms with Crippen molar-refractivity contribution in [3.05, 3.63) is 64.1 Å². The van der Waals surface area contributed by atoms with E-state index in [0.29, 0.717) is 42.3 Å². The summed E-state index contributed by atoms with van der Waals surface area (Å²) in [4.78, 5) is 21.9. The van der Waals surface area contributed by atoms with Crippen molar-refractivity contribution in [1.82, 2.24) is 14.5 Å². The molecule has 1 aliphatic rings. The summed E-state index contributed by atoms with van der Waals surface area (Å²) < 4.78 is 12.1. The molecule has 0 radical (unpaired) electrons. The molecule has 0 saturated carbocycles. The number of aromatic nitrogens is 3. The molecule has 1 aliphatic heterocycles. The highest BCUT2D eigenvalue weighted by Crippen LogP contribution is 2.18. The fourth-order valence-corrected chi connectivity index (χ4v) is 2.72. The molecule has 0 spiro atoms. The van der Waals surface area contributed by atoms with E-state index in [1.807, 2.05) is 36.4 Å². The number of hydrogen-bond donors (Lipinski definition) is 0. The van der Waals surface area contributed by atoms with Gasteiger partial charge >= 0.3 is 0 Å². The van der Waals surface area contributed by atoms with Crippen molar-refractivity contribution in [2.45, 2.75) is 19.1 Å². The summed E-state index contributed by atoms with van der Waals surface area (Å²) in [6, 6.07) is 13.4. The zero-order chi connectivity index (χ0) is 16.5. The number of methoxy groups -OCH3 is 1. The van der Waals surface area contributed by atoms with Crippen molar-refractivity contribution in [1.29, 1.82) is 0 Å². The lowest BCUT2D eigenvalue weighted by Crippen LogP contribution is -2.28. The van der Waals surface area contributed by atoms with Gasteiger partial charge in [0.05, 0.1) is 26.4 Å². The van der Waals surface area contributed by atoms with E-state index in [-0.39, 0.29) is 11.7 Å². The topological polar surface area (TPSA) is 69.5 Å². The van der Waals surface area contributed by atoms with Crippen LogP contribution in [0.2, 0.25) is 0 Å². The van der Waals surface area contributed by atoms with Gasteiger partial charge in [-0.1, -0.05) is 30.3 Å². The second-order valence-electron chi connectivity index (χ2n) is 5.79. The SMILES string of the molecule is COc1ccc2nc(Cc3ccccc3)c(=O)n(C[C@@H]3CO3)c2n1. The van der Waals surface area contributed by atoms with Crippen LogP contribution in [0.1, 0.15) is 11.3 Å². The molecular weight excluding hydrogens is 306 g/mol. The first-order valence-electron chi connectivity index (χ1n) is 7.84. The Bertz CT molecular complexity index is 933. The lowest BCUT2D eigenvalue weighted by Gasteiger charge is -2.11. The zero-order valence-corrected chi connectivity index (χ0v) is 13.3. The van der Waals surface area contributed by atoms with Gasteiger partial charge in [-0.25, -0.2) is 4.98 Å². The van der Waals surface area contributed by atoms with Gasteiger partial charge in [-0.15, -0.1) is 0 Å². The van der Waals surface area contributed by atoms with Crippen LogP contribution in [0.5, 0.6) is 5.88 Å². The molecule has 1 aromatic carbocycles. The number of ether oxygens (including phenoxy) is 2. The van der Waals surface area contributed by atoms with Crippen LogP contribution in [-0.4, -0.2) is 34.4 Å². The Morgan fingerprint density at radius 2 is 2.00 bits per heavy atom. The molecule has 0 unspecified atom stereocenters. The van der Waals surface area contributed by atoms with Crippen LogP contribution in [0.25, 0.3) is 11.2 Å². The molecule has 0 aliphatic carbocycles. The Labute approximate surface area is 138 Å². The molecule has 0 N–H and O–H groups in total. The van der Waals surface area contributed by atoms with Crippen LogP contribution in [0, 0.1) is 0 Å². The normalized spacial score (nSPS) is 16.3. The number of benzene rings is 1. The molecule has 122 valence electrons. The minimum Gasteiger partial charge on any atom is -0.481 e. The first-order valence-corrected chi connectivity index (χ1v) is 7.84. The molecule has 1 atom stereocenters. The van der Waals surface area contributed by atoms with Crippen molar-refractivity contribution < 1.29 is 9.47 Å². The van der Waals surface area contributed by atoms with Gasteiger partial charge in [-0.2, -0.15) is 4.98 Å². The molecule has 1 fully saturated rings. The monoisotopic (exact) mass is 323 g/mol. The molecule has 3 aromatic rings. The van der Waals surface area contributed by atoms with Gasteiger partial charge in [0.15, 0.2) is 5.65 Å². The van der Waals surface area contributed by atoms with Crippen LogP contribution >= 0.6 is 0 Å². The number of nitrogens with zero attached hydrogens (tertiary/aromatic N) is 3. The number of pyridine rings is 1. The number of epoxide rings is 1. The van der Waals surface area contributed by atoms with Crippen molar-refractivity contribution >= 4 is 11.2 Å². The van der Waals surface area contributed by atoms with Crippen LogP contribution in [0.3, 0.4) is 0 Å². The predicted molar refractivity (Wildman–Crippen MR) is 89.3 cm³/mol. The molecule has 24 heavy (non-hydrogen) atoms. The van der Waals surface area contributed by atoms with Gasteiger partial charge in [0.2, 0.25) is 5.88 Å². The summed E-state index contributed by atoms with van der Waals surface area (Å²) in [7, 11) is 1.55. The maximum atomic E-state index is 12.9. The summed E-state index contributed by atoms with van der Waals surface area (Å²) in [6.07, 6.45) is 0.568. The van der Waals surface area contributed by atoms with Gasteiger partial charge in [0.1, 0.15) is 11.2 Å². The average molecular weight is 323 g/mol. The van der Waals surface area contributed by atoms with E-state index in [0.717, 1.165) is 5.56 Å². The Hall–Kier alpha value is -2.73. The van der Waals surface area contributed by atoms with E-state index in [1.54, 1.807) is 17.7 Å². The second kappa shape index (κ2) is 6.05. The standard InChI is InChI=1S/C18H17N3O3/c1-23-16-8-7-14-17(20-16)21(10-13-11-24-13)18(22)15(19-14)9-12-5-3-2-4-6-12/h2-8,13H,9-11H2,1H3/t13-/m1/s1. The minimum absolute atomic E-state index is 0.0749. The third-order valence-corrected chi connectivity index (χ3v) is 4.04. The molecule has 0 amide bonds. The summed E-state index contributed by atoms with van der Waals surface area (Å²) in [5.41, 5.74) is 2.66. The predicted octanol–water partition coefficient (Wildman–Crippen LogP) is 1.79. The van der Waals surface area contributed by atoms with Crippen LogP contribution in [0.4, 0.5) is 0 Å². The van der Waals surface area contributed by atoms with Crippen molar-refractivity contribution in [2.75, 3.05) is 13.7 Å². The second-order valence-corrected chi connectivity index (χ2v) is 5.79. The maximum absolute atomic E-state index is 12.9. The van der Waals surface area contributed by atoms with Gasteiger partial charge in [0, 0.05) is 12.5 Å². The Balaban J connectivity index is 1.85. The number of fused-ring (bicyclic) bond motifs is 1. The highest BCUT2D eigenvalue weighted by Gasteiger charge is 2.25. The van der Waals surface area contributed by atoms with Crippen LogP contribution in [-0.2, 0) is 17.7 Å². The first kappa shape index (κ1) is 14.8. The fourth-order valence-electron chi connectivity index (χ4n) is 2.72. The Morgan fingerprint density at radius 3 is 2.71 bits per heavy atom. The fraction of sp³-hybridized carbons (Fsp3) is 0.278. The number of rotatable bonds is 5. The smallest absolute Gasteiger partial charge is 0.274 e. The van der Waals surface area contributed by atoms with E-state index in [9.17, 15) is 4.79 Å². The third kappa shape index (κ3) is 2.88. The van der Waals surface area contributed by atoms with Crippen molar-refractivity contribution in [3.8, 4) is 5.88 Å². The molecular formula is C18H17N3O3. The van der Waals surface area contributed by atoms with Crippen LogP contribution in [0.15, 0.2) is 47.3 Å². The molecule has 1 saturated heterocycles. The highest BCUT2D eigenvalue weighted by atomic mass is 16.6. The Kier molecular flexibility index (Phi) is 3.74. The molecule has 2 aromatic heterocycles. The summed E-state index contributed by atoms with van der Waals surface area (Å²) in [5, 5.41) is 0. The summed E-state index contributed by atoms with van der Waals surface area (Å²) in [6.45, 7) is 1.16. The summed E-state index contributed by atoms with van der Waals surface area (Å²) >= 11 is 0. The van der Waals surface area contributed by atoms with E-state index >= 15 is 0 Å². The van der Waals surface area contributed by atoms with Gasteiger partial charge in [-0.05, 0) is 11.6 Å². The number of hydrogen-bond acceptors (Lipinski definition) is 5. The Morgan fingerprint density at radius 1 is 1.21 bits per heavy atom. The highest BCUT2D eigenvalue weighted by molar-refractivity contribution is 5.71. The van der Waals surface area contributed by atoms with Crippen molar-refractivity contribution in [2.24, 2.45) is 0 Å². The minimum atomic E-state index is -0.123. The van der Waals surface area contributed by atoms with Gasteiger partial charge < -0.3 is 9.47 Å². The molecule has 4 rings (SSSR count). The first-order chi connectivity index (χ1) is 11.7. The van der Waals surface area contributed by atoms with Gasteiger partial charge in [-0.3, -0.25) is 9.36 Å². The van der Waals surface area contributed by atoms with Crippen molar-refractivity contribution in [3.63, 3.8) is 0 Å².